The molecule has 0 aromatic heterocycles. The minimum absolute atomic E-state index is 0.0266. The van der Waals surface area contributed by atoms with Crippen LogP contribution in [0, 0.1) is 0 Å². The third-order valence-electron chi connectivity index (χ3n) is 3.11. The van der Waals surface area contributed by atoms with Crippen LogP contribution in [-0.4, -0.2) is 11.1 Å². The lowest BCUT2D eigenvalue weighted by Crippen LogP contribution is -2.15. The van der Waals surface area contributed by atoms with Gasteiger partial charge in [-0.25, -0.2) is 8.78 Å². The van der Waals surface area contributed by atoms with Crippen LogP contribution in [-0.2, 0) is 10.2 Å². The smallest absolute Gasteiger partial charge is 0.304 e. The molecule has 0 amide bonds. The molecule has 1 saturated carbocycles. The molecule has 0 heterocycles. The molecule has 1 aromatic carbocycles. The molecule has 1 aromatic rings. The fourth-order valence-electron chi connectivity index (χ4n) is 2.15. The van der Waals surface area contributed by atoms with Crippen molar-refractivity contribution in [2.45, 2.75) is 31.1 Å². The molecule has 0 unspecified atom stereocenters. The number of carbonyl (C=O) groups is 1. The van der Waals surface area contributed by atoms with Crippen molar-refractivity contribution in [1.29, 1.82) is 0 Å². The van der Waals surface area contributed by atoms with E-state index >= 15 is 0 Å². The summed E-state index contributed by atoms with van der Waals surface area (Å²) in [5.74, 6) is -0.929. The molecule has 2 nitrogen and oxygen atoms in total. The first-order valence-corrected chi connectivity index (χ1v) is 5.14. The molecule has 16 heavy (non-hydrogen) atoms. The monoisotopic (exact) mass is 226 g/mol. The average Bonchev–Trinajstić information content (AvgIpc) is 2.98. The largest absolute Gasteiger partial charge is 0.481 e. The van der Waals surface area contributed by atoms with Crippen LogP contribution >= 0.6 is 0 Å². The second kappa shape index (κ2) is 3.85. The SMILES string of the molecule is O=C(O)CC1(c2ccccc2C(F)F)CC1. The van der Waals surface area contributed by atoms with Crippen molar-refractivity contribution >= 4 is 5.97 Å². The van der Waals surface area contributed by atoms with Crippen molar-refractivity contribution in [3.8, 4) is 0 Å². The second-order valence-corrected chi connectivity index (χ2v) is 4.24. The fraction of sp³-hybridized carbons (Fsp3) is 0.417. The summed E-state index contributed by atoms with van der Waals surface area (Å²) in [5.41, 5.74) is -0.0626. The molecule has 4 heteroatoms. The van der Waals surface area contributed by atoms with Crippen LogP contribution in [0.5, 0.6) is 0 Å². The summed E-state index contributed by atoms with van der Waals surface area (Å²) in [6.07, 6.45) is -1.23. The number of hydrogen-bond acceptors (Lipinski definition) is 1. The van der Waals surface area contributed by atoms with E-state index in [0.29, 0.717) is 18.4 Å². The first-order valence-electron chi connectivity index (χ1n) is 5.14. The molecule has 0 bridgehead atoms. The highest BCUT2D eigenvalue weighted by molar-refractivity contribution is 5.70. The Kier molecular flexibility index (Phi) is 2.66. The number of benzene rings is 1. The molecule has 1 N–H and O–H groups in total. The lowest BCUT2D eigenvalue weighted by Gasteiger charge is -2.17. The molecule has 0 saturated heterocycles. The van der Waals surface area contributed by atoms with Crippen molar-refractivity contribution < 1.29 is 18.7 Å². The average molecular weight is 226 g/mol. The van der Waals surface area contributed by atoms with Crippen molar-refractivity contribution in [3.63, 3.8) is 0 Å². The van der Waals surface area contributed by atoms with Gasteiger partial charge < -0.3 is 5.11 Å². The van der Waals surface area contributed by atoms with Crippen LogP contribution in [0.15, 0.2) is 24.3 Å². The van der Waals surface area contributed by atoms with Gasteiger partial charge in [0, 0.05) is 11.0 Å². The van der Waals surface area contributed by atoms with Crippen LogP contribution in [0.2, 0.25) is 0 Å². The Morgan fingerprint density at radius 3 is 2.50 bits per heavy atom. The molecule has 1 aliphatic rings. The normalized spacial score (nSPS) is 17.4. The number of alkyl halides is 2. The van der Waals surface area contributed by atoms with Gasteiger partial charge in [0.05, 0.1) is 6.42 Å². The number of carboxylic acids is 1. The van der Waals surface area contributed by atoms with Crippen molar-refractivity contribution in [3.05, 3.63) is 35.4 Å². The van der Waals surface area contributed by atoms with Gasteiger partial charge in [-0.3, -0.25) is 4.79 Å². The molecule has 86 valence electrons. The first kappa shape index (κ1) is 11.0. The van der Waals surface area contributed by atoms with Crippen LogP contribution in [0.3, 0.4) is 0 Å². The number of carboxylic acid groups (broad SMARTS) is 1. The van der Waals surface area contributed by atoms with Crippen LogP contribution < -0.4 is 0 Å². The summed E-state index contributed by atoms with van der Waals surface area (Å²) < 4.78 is 25.6. The summed E-state index contributed by atoms with van der Waals surface area (Å²) in [6.45, 7) is 0. The van der Waals surface area contributed by atoms with E-state index in [1.807, 2.05) is 0 Å². The van der Waals surface area contributed by atoms with Gasteiger partial charge in [-0.05, 0) is 18.4 Å². The molecule has 2 rings (SSSR count). The standard InChI is InChI=1S/C12H12F2O2/c13-11(14)8-3-1-2-4-9(8)12(5-6-12)7-10(15)16/h1-4,11H,5-7H2,(H,15,16). The van der Waals surface area contributed by atoms with Gasteiger partial charge in [0.2, 0.25) is 0 Å². The van der Waals surface area contributed by atoms with Crippen molar-refractivity contribution in [2.24, 2.45) is 0 Å². The first-order chi connectivity index (χ1) is 7.55. The zero-order valence-corrected chi connectivity index (χ0v) is 8.62. The summed E-state index contributed by atoms with van der Waals surface area (Å²) >= 11 is 0. The lowest BCUT2D eigenvalue weighted by molar-refractivity contribution is -0.137. The summed E-state index contributed by atoms with van der Waals surface area (Å²) in [4.78, 5) is 10.7. The quantitative estimate of drug-likeness (QED) is 0.856. The van der Waals surface area contributed by atoms with Gasteiger partial charge in [0.25, 0.3) is 6.43 Å². The van der Waals surface area contributed by atoms with Crippen LogP contribution in [0.25, 0.3) is 0 Å². The van der Waals surface area contributed by atoms with Gasteiger partial charge in [-0.15, -0.1) is 0 Å². The zero-order chi connectivity index (χ0) is 11.8. The van der Waals surface area contributed by atoms with Crippen LogP contribution in [0.1, 0.15) is 36.8 Å². The number of rotatable bonds is 4. The molecular formula is C12H12F2O2. The summed E-state index contributed by atoms with van der Waals surface area (Å²) in [5, 5.41) is 8.79. The maximum absolute atomic E-state index is 12.8. The predicted octanol–water partition coefficient (Wildman–Crippen LogP) is 3.13. The fourth-order valence-corrected chi connectivity index (χ4v) is 2.15. The highest BCUT2D eigenvalue weighted by Gasteiger charge is 2.47. The zero-order valence-electron chi connectivity index (χ0n) is 8.62. The topological polar surface area (TPSA) is 37.3 Å². The summed E-state index contributed by atoms with van der Waals surface area (Å²) in [6, 6.07) is 6.24. The third kappa shape index (κ3) is 1.92. The molecule has 0 aliphatic heterocycles. The molecule has 0 radical (unpaired) electrons. The Hall–Kier alpha value is -1.45. The number of aliphatic carboxylic acids is 1. The number of hydrogen-bond donors (Lipinski definition) is 1. The van der Waals surface area contributed by atoms with E-state index in [-0.39, 0.29) is 12.0 Å². The van der Waals surface area contributed by atoms with E-state index in [9.17, 15) is 13.6 Å². The summed E-state index contributed by atoms with van der Waals surface area (Å²) in [7, 11) is 0. The van der Waals surface area contributed by atoms with Gasteiger partial charge in [0.15, 0.2) is 0 Å². The number of halogens is 2. The Balaban J connectivity index is 2.36. The Bertz CT molecular complexity index is 411. The Labute approximate surface area is 91.9 Å². The molecule has 1 aliphatic carbocycles. The second-order valence-electron chi connectivity index (χ2n) is 4.24. The molecular weight excluding hydrogens is 214 g/mol. The van der Waals surface area contributed by atoms with E-state index in [0.717, 1.165) is 0 Å². The van der Waals surface area contributed by atoms with E-state index in [4.69, 9.17) is 5.11 Å². The highest BCUT2D eigenvalue weighted by atomic mass is 19.3. The molecule has 0 spiro atoms. The highest BCUT2D eigenvalue weighted by Crippen LogP contribution is 2.53. The predicted molar refractivity (Wildman–Crippen MR) is 54.6 cm³/mol. The van der Waals surface area contributed by atoms with Crippen molar-refractivity contribution in [2.75, 3.05) is 0 Å². The van der Waals surface area contributed by atoms with E-state index in [2.05, 4.69) is 0 Å². The van der Waals surface area contributed by atoms with Gasteiger partial charge in [-0.2, -0.15) is 0 Å². The van der Waals surface area contributed by atoms with Gasteiger partial charge in [-0.1, -0.05) is 24.3 Å². The van der Waals surface area contributed by atoms with Gasteiger partial charge >= 0.3 is 5.97 Å². The Morgan fingerprint density at radius 2 is 2.00 bits per heavy atom. The lowest BCUT2D eigenvalue weighted by atomic mass is 9.88. The Morgan fingerprint density at radius 1 is 1.38 bits per heavy atom. The minimum Gasteiger partial charge on any atom is -0.481 e. The van der Waals surface area contributed by atoms with Crippen LogP contribution in [0.4, 0.5) is 8.78 Å². The maximum atomic E-state index is 12.8. The van der Waals surface area contributed by atoms with Gasteiger partial charge in [0.1, 0.15) is 0 Å². The molecule has 1 fully saturated rings. The van der Waals surface area contributed by atoms with E-state index < -0.39 is 17.8 Å². The maximum Gasteiger partial charge on any atom is 0.304 e. The van der Waals surface area contributed by atoms with E-state index in [1.54, 1.807) is 18.2 Å². The minimum atomic E-state index is -2.54. The van der Waals surface area contributed by atoms with E-state index in [1.165, 1.54) is 6.07 Å². The third-order valence-corrected chi connectivity index (χ3v) is 3.11. The molecule has 0 atom stereocenters. The van der Waals surface area contributed by atoms with Crippen molar-refractivity contribution in [1.82, 2.24) is 0 Å².